The summed E-state index contributed by atoms with van der Waals surface area (Å²) in [5.74, 6) is 0.315. The number of hydrogen-bond acceptors (Lipinski definition) is 3. The van der Waals surface area contributed by atoms with Gasteiger partial charge in [-0.05, 0) is 20.8 Å². The van der Waals surface area contributed by atoms with Crippen molar-refractivity contribution in [3.8, 4) is 0 Å². The molecule has 1 heterocycles. The van der Waals surface area contributed by atoms with Gasteiger partial charge in [0.25, 0.3) is 0 Å². The molecule has 0 saturated carbocycles. The summed E-state index contributed by atoms with van der Waals surface area (Å²) in [6, 6.07) is 0. The average molecular weight is 217 g/mol. The summed E-state index contributed by atoms with van der Waals surface area (Å²) < 4.78 is 21.1. The normalized spacial score (nSPS) is 29.2. The molecule has 0 aromatic rings. The van der Waals surface area contributed by atoms with Gasteiger partial charge >= 0.3 is 0 Å². The van der Waals surface area contributed by atoms with Crippen molar-refractivity contribution in [2.24, 2.45) is 10.3 Å². The lowest BCUT2D eigenvalue weighted by molar-refractivity contribution is 0.110. The fraction of sp³-hybridized carbons (Fsp3) is 0.900. The van der Waals surface area contributed by atoms with Crippen molar-refractivity contribution in [3.63, 3.8) is 0 Å². The van der Waals surface area contributed by atoms with Crippen molar-refractivity contribution >= 4 is 17.1 Å². The zero-order valence-corrected chi connectivity index (χ0v) is 10.2. The average Bonchev–Trinajstić information content (AvgIpc) is 2.07. The van der Waals surface area contributed by atoms with E-state index in [-0.39, 0.29) is 4.75 Å². The number of nitrogens with zero attached hydrogens (tertiary/aromatic N) is 1. The minimum Gasteiger partial charge on any atom is -0.591 e. The lowest BCUT2D eigenvalue weighted by Gasteiger charge is -2.23. The summed E-state index contributed by atoms with van der Waals surface area (Å²) in [7, 11) is 0. The molecule has 0 aromatic heterocycles. The molecule has 0 spiro atoms. The van der Waals surface area contributed by atoms with Crippen LogP contribution in [0.3, 0.4) is 0 Å². The monoisotopic (exact) mass is 217 g/mol. The van der Waals surface area contributed by atoms with Crippen LogP contribution in [0.2, 0.25) is 0 Å². The summed E-state index contributed by atoms with van der Waals surface area (Å²) in [5.41, 5.74) is 1.05. The van der Waals surface area contributed by atoms with Gasteiger partial charge in [-0.1, -0.05) is 11.3 Å². The van der Waals surface area contributed by atoms with Crippen LogP contribution < -0.4 is 0 Å². The van der Waals surface area contributed by atoms with Crippen LogP contribution in [0.25, 0.3) is 0 Å². The molecule has 1 rings (SSSR count). The second kappa shape index (κ2) is 4.64. The van der Waals surface area contributed by atoms with Crippen LogP contribution in [0.5, 0.6) is 0 Å². The largest absolute Gasteiger partial charge is 0.591 e. The molecule has 1 unspecified atom stereocenters. The van der Waals surface area contributed by atoms with E-state index in [1.807, 2.05) is 20.8 Å². The van der Waals surface area contributed by atoms with E-state index < -0.39 is 11.4 Å². The van der Waals surface area contributed by atoms with Crippen LogP contribution in [0.15, 0.2) is 4.40 Å². The highest BCUT2D eigenvalue weighted by Gasteiger charge is 2.29. The van der Waals surface area contributed by atoms with E-state index in [2.05, 4.69) is 11.3 Å². The van der Waals surface area contributed by atoms with Gasteiger partial charge in [-0.3, -0.25) is 0 Å². The Hall–Kier alpha value is -0.0600. The maximum absolute atomic E-state index is 11.8. The lowest BCUT2D eigenvalue weighted by atomic mass is 10.0. The summed E-state index contributed by atoms with van der Waals surface area (Å²) in [6.45, 7) is 9.31. The van der Waals surface area contributed by atoms with Crippen LogP contribution in [0.1, 0.15) is 34.1 Å². The Bertz CT molecular complexity index is 223. The fourth-order valence-electron chi connectivity index (χ4n) is 1.16. The van der Waals surface area contributed by atoms with Crippen molar-refractivity contribution in [1.82, 2.24) is 0 Å². The van der Waals surface area contributed by atoms with Gasteiger partial charge in [0.2, 0.25) is 0 Å². The Morgan fingerprint density at radius 1 is 1.50 bits per heavy atom. The second-order valence-electron chi connectivity index (χ2n) is 4.67. The van der Waals surface area contributed by atoms with Crippen molar-refractivity contribution < 1.29 is 9.29 Å². The summed E-state index contributed by atoms with van der Waals surface area (Å²) in [4.78, 5) is 0. The van der Waals surface area contributed by atoms with Crippen LogP contribution in [0, 0.1) is 5.92 Å². The van der Waals surface area contributed by atoms with Crippen molar-refractivity contribution in [2.45, 2.75) is 38.9 Å². The van der Waals surface area contributed by atoms with Gasteiger partial charge in [-0.2, -0.15) is 0 Å². The van der Waals surface area contributed by atoms with E-state index in [1.54, 1.807) is 0 Å². The molecule has 0 bridgehead atoms. The van der Waals surface area contributed by atoms with Gasteiger partial charge in [0.05, 0.1) is 18.9 Å². The van der Waals surface area contributed by atoms with E-state index in [0.29, 0.717) is 19.1 Å². The second-order valence-corrected chi connectivity index (χ2v) is 6.58. The molecule has 0 amide bonds. The minimum absolute atomic E-state index is 0.259. The van der Waals surface area contributed by atoms with E-state index in [9.17, 15) is 4.55 Å². The Morgan fingerprint density at radius 2 is 2.14 bits per heavy atom. The lowest BCUT2D eigenvalue weighted by Crippen LogP contribution is -2.31. The Kier molecular flexibility index (Phi) is 3.98. The SMILES string of the molecule is C[C@H]1COCCC1=N[S+]([O-])C(C)(C)C. The first-order chi connectivity index (χ1) is 6.41. The Labute approximate surface area is 89.3 Å². The number of rotatable bonds is 1. The molecule has 1 saturated heterocycles. The zero-order chi connectivity index (χ0) is 10.8. The maximum atomic E-state index is 11.8. The molecular formula is C10H19NO2S. The quantitative estimate of drug-likeness (QED) is 0.630. The van der Waals surface area contributed by atoms with E-state index in [4.69, 9.17) is 4.74 Å². The molecule has 0 aromatic carbocycles. The summed E-state index contributed by atoms with van der Waals surface area (Å²) in [5, 5.41) is 0. The molecule has 1 fully saturated rings. The molecule has 1 aliphatic rings. The van der Waals surface area contributed by atoms with Gasteiger partial charge in [0, 0.05) is 12.3 Å². The van der Waals surface area contributed by atoms with Gasteiger partial charge in [0.15, 0.2) is 0 Å². The minimum atomic E-state index is -1.12. The highest BCUT2D eigenvalue weighted by atomic mass is 32.2. The van der Waals surface area contributed by atoms with Crippen LogP contribution in [-0.4, -0.2) is 28.2 Å². The summed E-state index contributed by atoms with van der Waals surface area (Å²) >= 11 is -1.12. The highest BCUT2D eigenvalue weighted by molar-refractivity contribution is 7.91. The maximum Gasteiger partial charge on any atom is 0.144 e. The molecular weight excluding hydrogens is 198 g/mol. The molecule has 4 heteroatoms. The third-order valence-corrected chi connectivity index (χ3v) is 3.61. The predicted molar refractivity (Wildman–Crippen MR) is 59.9 cm³/mol. The molecule has 0 N–H and O–H groups in total. The highest BCUT2D eigenvalue weighted by Crippen LogP contribution is 2.20. The Balaban J connectivity index is 2.66. The molecule has 1 aliphatic heterocycles. The fourth-order valence-corrected chi connectivity index (χ4v) is 1.92. The Morgan fingerprint density at radius 3 is 2.64 bits per heavy atom. The van der Waals surface area contributed by atoms with Gasteiger partial charge < -0.3 is 9.29 Å². The third-order valence-electron chi connectivity index (χ3n) is 2.16. The molecule has 0 radical (unpaired) electrons. The standard InChI is InChI=1S/C10H19NO2S/c1-8-7-13-6-5-9(8)11-14(12)10(2,3)4/h8H,5-7H2,1-4H3/t8-,14?/m0/s1. The molecule has 2 atom stereocenters. The third kappa shape index (κ3) is 3.26. The van der Waals surface area contributed by atoms with E-state index in [1.165, 1.54) is 0 Å². The molecule has 82 valence electrons. The van der Waals surface area contributed by atoms with E-state index >= 15 is 0 Å². The van der Waals surface area contributed by atoms with Crippen LogP contribution >= 0.6 is 0 Å². The van der Waals surface area contributed by atoms with Gasteiger partial charge in [-0.15, -0.1) is 0 Å². The van der Waals surface area contributed by atoms with Gasteiger partial charge in [0.1, 0.15) is 16.1 Å². The first-order valence-electron chi connectivity index (χ1n) is 4.98. The number of ether oxygens (including phenoxy) is 1. The molecule has 14 heavy (non-hydrogen) atoms. The van der Waals surface area contributed by atoms with Gasteiger partial charge in [-0.25, -0.2) is 0 Å². The van der Waals surface area contributed by atoms with E-state index in [0.717, 1.165) is 12.1 Å². The summed E-state index contributed by atoms with van der Waals surface area (Å²) in [6.07, 6.45) is 0.822. The van der Waals surface area contributed by atoms with Crippen LogP contribution in [0.4, 0.5) is 0 Å². The first-order valence-corrected chi connectivity index (χ1v) is 6.09. The molecule has 3 nitrogen and oxygen atoms in total. The molecule has 0 aliphatic carbocycles. The first kappa shape index (κ1) is 12.0. The van der Waals surface area contributed by atoms with Crippen molar-refractivity contribution in [2.75, 3.05) is 13.2 Å². The van der Waals surface area contributed by atoms with Crippen molar-refractivity contribution in [1.29, 1.82) is 0 Å². The topological polar surface area (TPSA) is 44.6 Å². The van der Waals surface area contributed by atoms with Crippen molar-refractivity contribution in [3.05, 3.63) is 0 Å². The smallest absolute Gasteiger partial charge is 0.144 e. The zero-order valence-electron chi connectivity index (χ0n) is 9.37. The van der Waals surface area contributed by atoms with Crippen LogP contribution in [-0.2, 0) is 16.1 Å². The number of hydrogen-bond donors (Lipinski definition) is 0. The predicted octanol–water partition coefficient (Wildman–Crippen LogP) is 1.95.